The Morgan fingerprint density at radius 1 is 1.00 bits per heavy atom. The van der Waals surface area contributed by atoms with Crippen molar-refractivity contribution in [3.05, 3.63) is 65.9 Å². The Bertz CT molecular complexity index is 783. The molecule has 0 aliphatic carbocycles. The second kappa shape index (κ2) is 4.55. The second-order valence-electron chi connectivity index (χ2n) is 4.55. The molecule has 19 heavy (non-hydrogen) atoms. The Labute approximate surface area is 112 Å². The van der Waals surface area contributed by atoms with Crippen LogP contribution < -0.4 is 0 Å². The summed E-state index contributed by atoms with van der Waals surface area (Å²) in [6, 6.07) is 20.2. The molecule has 1 aromatic heterocycles. The fourth-order valence-electron chi connectivity index (χ4n) is 2.25. The molecular formula is C17H12N2. The van der Waals surface area contributed by atoms with Gasteiger partial charge in [-0.2, -0.15) is 5.26 Å². The molecule has 0 bridgehead atoms. The third-order valence-electron chi connectivity index (χ3n) is 3.16. The van der Waals surface area contributed by atoms with Crippen LogP contribution in [0.4, 0.5) is 0 Å². The van der Waals surface area contributed by atoms with Gasteiger partial charge in [0.05, 0.1) is 5.52 Å². The molecule has 90 valence electrons. The maximum absolute atomic E-state index is 9.11. The van der Waals surface area contributed by atoms with E-state index < -0.39 is 0 Å². The van der Waals surface area contributed by atoms with Crippen molar-refractivity contribution in [1.82, 2.24) is 4.98 Å². The molecule has 3 aromatic rings. The third-order valence-corrected chi connectivity index (χ3v) is 3.16. The van der Waals surface area contributed by atoms with Gasteiger partial charge in [-0.3, -0.25) is 0 Å². The number of aryl methyl sites for hydroxylation is 1. The van der Waals surface area contributed by atoms with Gasteiger partial charge in [0, 0.05) is 5.39 Å². The Hall–Kier alpha value is -2.66. The summed E-state index contributed by atoms with van der Waals surface area (Å²) in [7, 11) is 0. The van der Waals surface area contributed by atoms with Gasteiger partial charge < -0.3 is 0 Å². The minimum atomic E-state index is 0.454. The predicted molar refractivity (Wildman–Crippen MR) is 76.6 cm³/mol. The van der Waals surface area contributed by atoms with Crippen LogP contribution in [0.15, 0.2) is 54.6 Å². The summed E-state index contributed by atoms with van der Waals surface area (Å²) in [5.41, 5.74) is 4.68. The highest BCUT2D eigenvalue weighted by atomic mass is 14.7. The van der Waals surface area contributed by atoms with Crippen molar-refractivity contribution in [2.45, 2.75) is 6.92 Å². The lowest BCUT2D eigenvalue weighted by Gasteiger charge is -2.08. The molecule has 2 aromatic carbocycles. The third kappa shape index (κ3) is 2.07. The minimum Gasteiger partial charge on any atom is -0.237 e. The first kappa shape index (κ1) is 11.4. The molecule has 0 unspecified atom stereocenters. The van der Waals surface area contributed by atoms with Gasteiger partial charge in [0.25, 0.3) is 0 Å². The average molecular weight is 244 g/mol. The number of hydrogen-bond acceptors (Lipinski definition) is 2. The van der Waals surface area contributed by atoms with Crippen molar-refractivity contribution in [3.63, 3.8) is 0 Å². The standard InChI is InChI=1S/C17H12N2/c1-12-7-8-17-16(9-12)15(10-14(11-18)19-17)13-5-3-2-4-6-13/h2-10H,1H3. The lowest BCUT2D eigenvalue weighted by molar-refractivity contribution is 1.32. The zero-order valence-electron chi connectivity index (χ0n) is 10.6. The van der Waals surface area contributed by atoms with Crippen molar-refractivity contribution in [2.24, 2.45) is 0 Å². The van der Waals surface area contributed by atoms with Crippen LogP contribution in [0.25, 0.3) is 22.0 Å². The fraction of sp³-hybridized carbons (Fsp3) is 0.0588. The van der Waals surface area contributed by atoms with Gasteiger partial charge in [0.15, 0.2) is 0 Å². The number of fused-ring (bicyclic) bond motifs is 1. The molecule has 0 atom stereocenters. The van der Waals surface area contributed by atoms with E-state index >= 15 is 0 Å². The van der Waals surface area contributed by atoms with Crippen LogP contribution in [0, 0.1) is 18.3 Å². The number of benzene rings is 2. The van der Waals surface area contributed by atoms with Crippen molar-refractivity contribution in [1.29, 1.82) is 5.26 Å². The van der Waals surface area contributed by atoms with E-state index in [1.807, 2.05) is 36.4 Å². The van der Waals surface area contributed by atoms with E-state index in [0.29, 0.717) is 5.69 Å². The molecule has 0 radical (unpaired) electrons. The molecule has 2 heteroatoms. The maximum atomic E-state index is 9.11. The van der Waals surface area contributed by atoms with E-state index in [4.69, 9.17) is 5.26 Å². The molecule has 0 amide bonds. The molecule has 0 spiro atoms. The predicted octanol–water partition coefficient (Wildman–Crippen LogP) is 4.08. The van der Waals surface area contributed by atoms with Gasteiger partial charge in [-0.05, 0) is 36.2 Å². The molecule has 0 saturated heterocycles. The first-order valence-electron chi connectivity index (χ1n) is 6.15. The summed E-state index contributed by atoms with van der Waals surface area (Å²) in [5, 5.41) is 10.2. The van der Waals surface area contributed by atoms with Crippen LogP contribution in [0.3, 0.4) is 0 Å². The van der Waals surface area contributed by atoms with Crippen LogP contribution in [0.2, 0.25) is 0 Å². The normalized spacial score (nSPS) is 10.3. The van der Waals surface area contributed by atoms with E-state index in [1.165, 1.54) is 5.56 Å². The highest BCUT2D eigenvalue weighted by Crippen LogP contribution is 2.29. The monoisotopic (exact) mass is 244 g/mol. The van der Waals surface area contributed by atoms with Crippen LogP contribution >= 0.6 is 0 Å². The SMILES string of the molecule is Cc1ccc2nc(C#N)cc(-c3ccccc3)c2c1. The summed E-state index contributed by atoms with van der Waals surface area (Å²) in [5.74, 6) is 0. The van der Waals surface area contributed by atoms with Crippen molar-refractivity contribution in [2.75, 3.05) is 0 Å². The van der Waals surface area contributed by atoms with Gasteiger partial charge >= 0.3 is 0 Å². The molecule has 3 rings (SSSR count). The van der Waals surface area contributed by atoms with Crippen molar-refractivity contribution in [3.8, 4) is 17.2 Å². The summed E-state index contributed by atoms with van der Waals surface area (Å²) in [4.78, 5) is 4.36. The van der Waals surface area contributed by atoms with Crippen molar-refractivity contribution >= 4 is 10.9 Å². The fourth-order valence-corrected chi connectivity index (χ4v) is 2.25. The zero-order chi connectivity index (χ0) is 13.2. The summed E-state index contributed by atoms with van der Waals surface area (Å²) in [6.45, 7) is 2.06. The molecule has 2 nitrogen and oxygen atoms in total. The number of hydrogen-bond donors (Lipinski definition) is 0. The second-order valence-corrected chi connectivity index (χ2v) is 4.55. The molecule has 0 aliphatic rings. The van der Waals surface area contributed by atoms with Crippen LogP contribution in [-0.2, 0) is 0 Å². The van der Waals surface area contributed by atoms with Crippen LogP contribution in [0.5, 0.6) is 0 Å². The van der Waals surface area contributed by atoms with Crippen LogP contribution in [-0.4, -0.2) is 4.98 Å². The van der Waals surface area contributed by atoms with Gasteiger partial charge in [-0.1, -0.05) is 42.0 Å². The maximum Gasteiger partial charge on any atom is 0.141 e. The lowest BCUT2D eigenvalue weighted by Crippen LogP contribution is -1.90. The number of pyridine rings is 1. The lowest BCUT2D eigenvalue weighted by atomic mass is 9.99. The van der Waals surface area contributed by atoms with E-state index in [9.17, 15) is 0 Å². The Balaban J connectivity index is 2.39. The molecule has 0 saturated carbocycles. The number of aromatic nitrogens is 1. The smallest absolute Gasteiger partial charge is 0.141 e. The number of rotatable bonds is 1. The van der Waals surface area contributed by atoms with E-state index in [0.717, 1.165) is 22.0 Å². The highest BCUT2D eigenvalue weighted by molar-refractivity contribution is 5.95. The summed E-state index contributed by atoms with van der Waals surface area (Å²) < 4.78 is 0. The quantitative estimate of drug-likeness (QED) is 0.646. The zero-order valence-corrected chi connectivity index (χ0v) is 10.6. The first-order valence-corrected chi connectivity index (χ1v) is 6.15. The van der Waals surface area contributed by atoms with Gasteiger partial charge in [-0.25, -0.2) is 4.98 Å². The number of nitrogens with zero attached hydrogens (tertiary/aromatic N) is 2. The topological polar surface area (TPSA) is 36.7 Å². The average Bonchev–Trinajstić information content (AvgIpc) is 2.47. The van der Waals surface area contributed by atoms with E-state index in [-0.39, 0.29) is 0 Å². The van der Waals surface area contributed by atoms with Gasteiger partial charge in [-0.15, -0.1) is 0 Å². The molecule has 1 heterocycles. The molecule has 0 aliphatic heterocycles. The first-order chi connectivity index (χ1) is 9.28. The van der Waals surface area contributed by atoms with Crippen LogP contribution in [0.1, 0.15) is 11.3 Å². The highest BCUT2D eigenvalue weighted by Gasteiger charge is 2.07. The summed E-state index contributed by atoms with van der Waals surface area (Å²) >= 11 is 0. The number of nitriles is 1. The van der Waals surface area contributed by atoms with Gasteiger partial charge in [0.1, 0.15) is 11.8 Å². The Morgan fingerprint density at radius 2 is 1.79 bits per heavy atom. The van der Waals surface area contributed by atoms with E-state index in [1.54, 1.807) is 0 Å². The Morgan fingerprint density at radius 3 is 2.53 bits per heavy atom. The molecule has 0 N–H and O–H groups in total. The Kier molecular flexibility index (Phi) is 2.74. The van der Waals surface area contributed by atoms with Crippen molar-refractivity contribution < 1.29 is 0 Å². The van der Waals surface area contributed by atoms with Gasteiger partial charge in [0.2, 0.25) is 0 Å². The summed E-state index contributed by atoms with van der Waals surface area (Å²) in [6.07, 6.45) is 0. The molecular weight excluding hydrogens is 232 g/mol. The largest absolute Gasteiger partial charge is 0.237 e. The molecule has 0 fully saturated rings. The van der Waals surface area contributed by atoms with E-state index in [2.05, 4.69) is 36.2 Å². The minimum absolute atomic E-state index is 0.454.